The number of rotatable bonds is 1. The third-order valence-corrected chi connectivity index (χ3v) is 2.39. The number of aromatic nitrogens is 3. The van der Waals surface area contributed by atoms with Crippen molar-refractivity contribution in [1.29, 1.82) is 0 Å². The molecule has 2 rings (SSSR count). The van der Waals surface area contributed by atoms with Gasteiger partial charge in [-0.25, -0.2) is 4.98 Å². The molecule has 66 valence electrons. The van der Waals surface area contributed by atoms with Crippen LogP contribution in [0.4, 0.5) is 0 Å². The van der Waals surface area contributed by atoms with Crippen LogP contribution in [0.3, 0.4) is 0 Å². The zero-order chi connectivity index (χ0) is 9.26. The molecule has 0 radical (unpaired) electrons. The van der Waals surface area contributed by atoms with Crippen molar-refractivity contribution >= 4 is 28.1 Å². The largest absolute Gasteiger partial charge is 0.337 e. The van der Waals surface area contributed by atoms with Gasteiger partial charge in [0.15, 0.2) is 4.77 Å². The summed E-state index contributed by atoms with van der Waals surface area (Å²) in [4.78, 5) is 7.12. The minimum Gasteiger partial charge on any atom is -0.337 e. The monoisotopic (exact) mass is 255 g/mol. The maximum atomic E-state index is 5.06. The number of aromatic amines is 1. The summed E-state index contributed by atoms with van der Waals surface area (Å²) in [6.07, 6.45) is 5.37. The van der Waals surface area contributed by atoms with Gasteiger partial charge in [0.05, 0.1) is 0 Å². The van der Waals surface area contributed by atoms with E-state index in [0.29, 0.717) is 4.77 Å². The van der Waals surface area contributed by atoms with Gasteiger partial charge in [0.25, 0.3) is 0 Å². The quantitative estimate of drug-likeness (QED) is 0.796. The van der Waals surface area contributed by atoms with Crippen molar-refractivity contribution in [1.82, 2.24) is 14.5 Å². The number of H-pyrrole nitrogens is 1. The fourth-order valence-electron chi connectivity index (χ4n) is 1.01. The first-order chi connectivity index (χ1) is 6.27. The van der Waals surface area contributed by atoms with Crippen molar-refractivity contribution in [3.8, 4) is 5.82 Å². The van der Waals surface area contributed by atoms with E-state index in [-0.39, 0.29) is 0 Å². The lowest BCUT2D eigenvalue weighted by molar-refractivity contribution is 0.972. The zero-order valence-electron chi connectivity index (χ0n) is 6.57. The fourth-order valence-corrected chi connectivity index (χ4v) is 1.47. The van der Waals surface area contributed by atoms with Crippen LogP contribution in [0, 0.1) is 4.77 Å². The molecule has 2 aromatic heterocycles. The van der Waals surface area contributed by atoms with Crippen LogP contribution in [0.5, 0.6) is 0 Å². The third-order valence-electron chi connectivity index (χ3n) is 1.61. The molecule has 0 aromatic carbocycles. The molecular weight excluding hydrogens is 250 g/mol. The summed E-state index contributed by atoms with van der Waals surface area (Å²) >= 11 is 8.38. The highest BCUT2D eigenvalue weighted by molar-refractivity contribution is 9.10. The molecule has 2 heterocycles. The van der Waals surface area contributed by atoms with Crippen LogP contribution < -0.4 is 0 Å². The second-order valence-electron chi connectivity index (χ2n) is 2.47. The SMILES string of the molecule is S=c1[nH]ccn1-c1ccc(Br)cn1. The van der Waals surface area contributed by atoms with Gasteiger partial charge in [0.2, 0.25) is 0 Å². The molecule has 0 saturated carbocycles. The van der Waals surface area contributed by atoms with Crippen LogP contribution in [0.2, 0.25) is 0 Å². The summed E-state index contributed by atoms with van der Waals surface area (Å²) in [6, 6.07) is 3.82. The normalized spacial score (nSPS) is 10.2. The molecule has 0 spiro atoms. The summed E-state index contributed by atoms with van der Waals surface area (Å²) in [5, 5.41) is 0. The molecule has 1 N–H and O–H groups in total. The number of hydrogen-bond acceptors (Lipinski definition) is 2. The van der Waals surface area contributed by atoms with E-state index >= 15 is 0 Å². The van der Waals surface area contributed by atoms with Gasteiger partial charge in [-0.15, -0.1) is 0 Å². The highest BCUT2D eigenvalue weighted by Crippen LogP contribution is 2.10. The Hall–Kier alpha value is -0.940. The van der Waals surface area contributed by atoms with Gasteiger partial charge in [-0.1, -0.05) is 0 Å². The van der Waals surface area contributed by atoms with Crippen LogP contribution in [0.1, 0.15) is 0 Å². The standard InChI is InChI=1S/C8H6BrN3S/c9-6-1-2-7(11-5-6)12-4-3-10-8(12)13/h1-5H,(H,10,13). The molecule has 0 unspecified atom stereocenters. The Kier molecular flexibility index (Phi) is 2.28. The van der Waals surface area contributed by atoms with Crippen LogP contribution >= 0.6 is 28.1 Å². The van der Waals surface area contributed by atoms with Crippen LogP contribution in [-0.4, -0.2) is 14.5 Å². The van der Waals surface area contributed by atoms with E-state index in [1.165, 1.54) is 0 Å². The number of pyridine rings is 1. The summed E-state index contributed by atoms with van der Waals surface area (Å²) in [6.45, 7) is 0. The number of imidazole rings is 1. The molecule has 5 heteroatoms. The van der Waals surface area contributed by atoms with Gasteiger partial charge in [-0.3, -0.25) is 4.57 Å². The summed E-state index contributed by atoms with van der Waals surface area (Å²) < 4.78 is 3.41. The van der Waals surface area contributed by atoms with Gasteiger partial charge in [-0.2, -0.15) is 0 Å². The molecule has 0 saturated heterocycles. The van der Waals surface area contributed by atoms with Gasteiger partial charge < -0.3 is 4.98 Å². The predicted octanol–water partition coefficient (Wildman–Crippen LogP) is 2.69. The molecule has 0 bridgehead atoms. The van der Waals surface area contributed by atoms with Crippen LogP contribution in [0.15, 0.2) is 35.2 Å². The van der Waals surface area contributed by atoms with Crippen molar-refractivity contribution in [2.45, 2.75) is 0 Å². The second-order valence-corrected chi connectivity index (χ2v) is 3.77. The van der Waals surface area contributed by atoms with Gasteiger partial charge in [0, 0.05) is 23.1 Å². The Bertz CT molecular complexity index is 457. The zero-order valence-corrected chi connectivity index (χ0v) is 8.97. The van der Waals surface area contributed by atoms with Gasteiger partial charge in [0.1, 0.15) is 5.82 Å². The topological polar surface area (TPSA) is 33.6 Å². The average molecular weight is 256 g/mol. The van der Waals surface area contributed by atoms with Gasteiger partial charge >= 0.3 is 0 Å². The van der Waals surface area contributed by atoms with Gasteiger partial charge in [-0.05, 0) is 40.3 Å². The first-order valence-corrected chi connectivity index (χ1v) is 4.85. The lowest BCUT2D eigenvalue weighted by atomic mass is 10.4. The Labute approximate surface area is 88.6 Å². The Morgan fingerprint density at radius 1 is 1.46 bits per heavy atom. The lowest BCUT2D eigenvalue weighted by Gasteiger charge is -1.99. The molecule has 0 amide bonds. The highest BCUT2D eigenvalue weighted by Gasteiger charge is 1.97. The maximum absolute atomic E-state index is 5.06. The van der Waals surface area contributed by atoms with Crippen molar-refractivity contribution < 1.29 is 0 Å². The van der Waals surface area contributed by atoms with E-state index < -0.39 is 0 Å². The molecule has 0 aliphatic heterocycles. The average Bonchev–Trinajstić information content (AvgIpc) is 2.53. The number of nitrogens with one attached hydrogen (secondary N) is 1. The predicted molar refractivity (Wildman–Crippen MR) is 56.4 cm³/mol. The second kappa shape index (κ2) is 3.43. The molecule has 0 fully saturated rings. The minimum absolute atomic E-state index is 0.648. The first-order valence-electron chi connectivity index (χ1n) is 3.65. The van der Waals surface area contributed by atoms with E-state index in [4.69, 9.17) is 12.2 Å². The Morgan fingerprint density at radius 2 is 2.31 bits per heavy atom. The summed E-state index contributed by atoms with van der Waals surface area (Å²) in [7, 11) is 0. The summed E-state index contributed by atoms with van der Waals surface area (Å²) in [5.74, 6) is 0.814. The van der Waals surface area contributed by atoms with Crippen molar-refractivity contribution in [3.63, 3.8) is 0 Å². The summed E-state index contributed by atoms with van der Waals surface area (Å²) in [5.41, 5.74) is 0. The lowest BCUT2D eigenvalue weighted by Crippen LogP contribution is -1.94. The molecule has 2 aromatic rings. The van der Waals surface area contributed by atoms with Crippen molar-refractivity contribution in [2.24, 2.45) is 0 Å². The van der Waals surface area contributed by atoms with E-state index in [0.717, 1.165) is 10.3 Å². The van der Waals surface area contributed by atoms with E-state index in [1.807, 2.05) is 22.9 Å². The third kappa shape index (κ3) is 1.71. The van der Waals surface area contributed by atoms with Crippen molar-refractivity contribution in [3.05, 3.63) is 40.0 Å². The molecule has 0 atom stereocenters. The van der Waals surface area contributed by atoms with Crippen molar-refractivity contribution in [2.75, 3.05) is 0 Å². The molecule has 0 aliphatic rings. The molecule has 13 heavy (non-hydrogen) atoms. The first kappa shape index (κ1) is 8.65. The van der Waals surface area contributed by atoms with Crippen LogP contribution in [-0.2, 0) is 0 Å². The van der Waals surface area contributed by atoms with E-state index in [9.17, 15) is 0 Å². The van der Waals surface area contributed by atoms with E-state index in [2.05, 4.69) is 25.9 Å². The smallest absolute Gasteiger partial charge is 0.182 e. The molecule has 3 nitrogen and oxygen atoms in total. The number of halogens is 1. The number of nitrogens with zero attached hydrogens (tertiary/aromatic N) is 2. The number of hydrogen-bond donors (Lipinski definition) is 1. The Morgan fingerprint density at radius 3 is 2.85 bits per heavy atom. The maximum Gasteiger partial charge on any atom is 0.182 e. The Balaban J connectivity index is 2.54. The fraction of sp³-hybridized carbons (Fsp3) is 0. The molecule has 0 aliphatic carbocycles. The highest BCUT2D eigenvalue weighted by atomic mass is 79.9. The molecular formula is C8H6BrN3S. The minimum atomic E-state index is 0.648. The van der Waals surface area contributed by atoms with E-state index in [1.54, 1.807) is 12.4 Å². The van der Waals surface area contributed by atoms with Crippen LogP contribution in [0.25, 0.3) is 5.82 Å².